The van der Waals surface area contributed by atoms with Crippen molar-refractivity contribution < 1.29 is 44.2 Å². The largest absolute Gasteiger partial charge is 0.504 e. The molecular weight excluding hydrogens is 424 g/mol. The topological polar surface area (TPSA) is 159 Å². The summed E-state index contributed by atoms with van der Waals surface area (Å²) in [5.41, 5.74) is 0.356. The van der Waals surface area contributed by atoms with E-state index in [1.807, 2.05) is 0 Å². The van der Waals surface area contributed by atoms with Crippen LogP contribution in [0.2, 0.25) is 0 Å². The lowest BCUT2D eigenvalue weighted by Crippen LogP contribution is -2.60. The van der Waals surface area contributed by atoms with Crippen molar-refractivity contribution in [2.24, 2.45) is 0 Å². The summed E-state index contributed by atoms with van der Waals surface area (Å²) in [6.45, 7) is -0.646. The van der Waals surface area contributed by atoms with Gasteiger partial charge >= 0.3 is 0 Å². The molecule has 1 saturated heterocycles. The van der Waals surface area contributed by atoms with Crippen LogP contribution < -0.4 is 14.9 Å². The highest BCUT2D eigenvalue weighted by Gasteiger charge is 2.45. The summed E-state index contributed by atoms with van der Waals surface area (Å²) in [6.07, 6.45) is -6.49. The van der Waals surface area contributed by atoms with Crippen molar-refractivity contribution in [2.45, 2.75) is 30.7 Å². The molecule has 10 heteroatoms. The van der Waals surface area contributed by atoms with E-state index in [9.17, 15) is 30.3 Å². The van der Waals surface area contributed by atoms with Crippen LogP contribution >= 0.6 is 0 Å². The maximum atomic E-state index is 13.1. The Morgan fingerprint density at radius 1 is 1.00 bits per heavy atom. The highest BCUT2D eigenvalue weighted by Crippen LogP contribution is 2.37. The fourth-order valence-corrected chi connectivity index (χ4v) is 3.53. The molecule has 1 aliphatic rings. The van der Waals surface area contributed by atoms with Crippen molar-refractivity contribution in [3.8, 4) is 28.4 Å². The SMILES string of the molecule is COc1ccc(-c2coc3c(O[C@@H]4OC(CO)[C@@H](O)[C@@H](O)C4O)c(O)ccc3c2=O)cc1. The zero-order chi connectivity index (χ0) is 23.0. The van der Waals surface area contributed by atoms with Gasteiger partial charge in [-0.05, 0) is 29.8 Å². The van der Waals surface area contributed by atoms with E-state index in [4.69, 9.17) is 18.6 Å². The van der Waals surface area contributed by atoms with Gasteiger partial charge in [0.25, 0.3) is 0 Å². The molecule has 0 spiro atoms. The minimum Gasteiger partial charge on any atom is -0.504 e. The van der Waals surface area contributed by atoms with Gasteiger partial charge in [0.05, 0.1) is 24.7 Å². The Hall–Kier alpha value is -3.15. The number of benzene rings is 2. The first kappa shape index (κ1) is 22.1. The summed E-state index contributed by atoms with van der Waals surface area (Å²) in [4.78, 5) is 13.1. The first-order valence-corrected chi connectivity index (χ1v) is 9.74. The van der Waals surface area contributed by atoms with Crippen molar-refractivity contribution in [1.82, 2.24) is 0 Å². The monoisotopic (exact) mass is 446 g/mol. The maximum Gasteiger partial charge on any atom is 0.229 e. The summed E-state index contributed by atoms with van der Waals surface area (Å²) < 4.78 is 21.6. The minimum absolute atomic E-state index is 0.0932. The summed E-state index contributed by atoms with van der Waals surface area (Å²) in [7, 11) is 1.53. The van der Waals surface area contributed by atoms with Gasteiger partial charge in [-0.15, -0.1) is 0 Å². The number of aromatic hydroxyl groups is 1. The van der Waals surface area contributed by atoms with Crippen molar-refractivity contribution in [3.05, 3.63) is 52.9 Å². The van der Waals surface area contributed by atoms with E-state index in [2.05, 4.69) is 0 Å². The van der Waals surface area contributed by atoms with E-state index in [1.165, 1.54) is 25.5 Å². The molecule has 0 saturated carbocycles. The Bertz CT molecular complexity index is 1150. The molecule has 5 N–H and O–H groups in total. The number of ether oxygens (including phenoxy) is 3. The second-order valence-electron chi connectivity index (χ2n) is 7.31. The number of phenols is 1. The van der Waals surface area contributed by atoms with Gasteiger partial charge in [-0.3, -0.25) is 4.79 Å². The van der Waals surface area contributed by atoms with E-state index in [-0.39, 0.29) is 22.3 Å². The van der Waals surface area contributed by atoms with Gasteiger partial charge in [-0.2, -0.15) is 0 Å². The molecule has 0 aliphatic carbocycles. The molecule has 0 radical (unpaired) electrons. The molecule has 32 heavy (non-hydrogen) atoms. The van der Waals surface area contributed by atoms with Crippen molar-refractivity contribution >= 4 is 11.0 Å². The first-order valence-electron chi connectivity index (χ1n) is 9.74. The number of hydrogen-bond donors (Lipinski definition) is 5. The second-order valence-corrected chi connectivity index (χ2v) is 7.31. The maximum absolute atomic E-state index is 13.1. The molecule has 0 amide bonds. The van der Waals surface area contributed by atoms with Gasteiger partial charge < -0.3 is 44.2 Å². The Morgan fingerprint density at radius 3 is 2.38 bits per heavy atom. The van der Waals surface area contributed by atoms with E-state index >= 15 is 0 Å². The van der Waals surface area contributed by atoms with Crippen molar-refractivity contribution in [1.29, 1.82) is 0 Å². The van der Waals surface area contributed by atoms with Crippen LogP contribution in [0.4, 0.5) is 0 Å². The Kier molecular flexibility index (Phi) is 6.04. The van der Waals surface area contributed by atoms with Crippen LogP contribution in [0.1, 0.15) is 0 Å². The van der Waals surface area contributed by atoms with Crippen LogP contribution in [0.5, 0.6) is 17.2 Å². The molecule has 2 aromatic carbocycles. The van der Waals surface area contributed by atoms with Gasteiger partial charge in [-0.1, -0.05) is 12.1 Å². The minimum atomic E-state index is -1.70. The summed E-state index contributed by atoms with van der Waals surface area (Å²) >= 11 is 0. The third-order valence-electron chi connectivity index (χ3n) is 5.36. The second kappa shape index (κ2) is 8.77. The number of methoxy groups -OCH3 is 1. The summed E-state index contributed by atoms with van der Waals surface area (Å²) in [6, 6.07) is 9.37. The lowest BCUT2D eigenvalue weighted by Gasteiger charge is -2.39. The molecule has 5 atom stereocenters. The molecule has 0 bridgehead atoms. The number of phenolic OH excluding ortho intramolecular Hbond substituents is 1. The number of fused-ring (bicyclic) bond motifs is 1. The fraction of sp³-hybridized carbons (Fsp3) is 0.318. The van der Waals surface area contributed by atoms with Gasteiger partial charge in [0.2, 0.25) is 17.5 Å². The van der Waals surface area contributed by atoms with E-state index in [0.717, 1.165) is 0 Å². The number of rotatable bonds is 5. The van der Waals surface area contributed by atoms with E-state index in [1.54, 1.807) is 24.3 Å². The lowest BCUT2D eigenvalue weighted by molar-refractivity contribution is -0.277. The molecule has 10 nitrogen and oxygen atoms in total. The Morgan fingerprint density at radius 2 is 1.72 bits per heavy atom. The van der Waals surface area contributed by atoms with Gasteiger partial charge in [0, 0.05) is 0 Å². The normalized spacial score (nSPS) is 25.6. The number of hydrogen-bond acceptors (Lipinski definition) is 10. The van der Waals surface area contributed by atoms with E-state index < -0.39 is 48.5 Å². The molecule has 1 aliphatic heterocycles. The Balaban J connectivity index is 1.73. The zero-order valence-electron chi connectivity index (χ0n) is 16.9. The van der Waals surface area contributed by atoms with Crippen LogP contribution in [-0.4, -0.2) is 70.0 Å². The number of aliphatic hydroxyl groups excluding tert-OH is 4. The highest BCUT2D eigenvalue weighted by molar-refractivity contribution is 5.88. The van der Waals surface area contributed by atoms with E-state index in [0.29, 0.717) is 11.3 Å². The first-order chi connectivity index (χ1) is 15.3. The molecule has 170 valence electrons. The Labute approximate surface area is 181 Å². The van der Waals surface area contributed by atoms with Gasteiger partial charge in [-0.25, -0.2) is 0 Å². The van der Waals surface area contributed by atoms with Crippen LogP contribution in [-0.2, 0) is 4.74 Å². The molecule has 4 rings (SSSR count). The van der Waals surface area contributed by atoms with Crippen LogP contribution in [0, 0.1) is 0 Å². The predicted molar refractivity (Wildman–Crippen MR) is 111 cm³/mol. The number of aliphatic hydroxyl groups is 4. The third-order valence-corrected chi connectivity index (χ3v) is 5.36. The lowest BCUT2D eigenvalue weighted by atomic mass is 9.99. The van der Waals surface area contributed by atoms with Crippen molar-refractivity contribution in [2.75, 3.05) is 13.7 Å². The summed E-state index contributed by atoms with van der Waals surface area (Å²) in [5.74, 6) is -0.0842. The molecule has 1 aromatic heterocycles. The summed E-state index contributed by atoms with van der Waals surface area (Å²) in [5, 5.41) is 49.8. The zero-order valence-corrected chi connectivity index (χ0v) is 16.9. The third kappa shape index (κ3) is 3.78. The smallest absolute Gasteiger partial charge is 0.229 e. The standard InChI is InChI=1S/C22H22O10/c1-29-11-4-2-10(3-5-11)13-9-30-20-12(16(13)25)6-7-14(24)21(20)32-22-19(28)18(27)17(26)15(8-23)31-22/h2-7,9,15,17-19,22-24,26-28H,8H2,1H3/t15?,17-,18-,19?,22+/m1/s1. The predicted octanol–water partition coefficient (Wildman–Crippen LogP) is 0.353. The van der Waals surface area contributed by atoms with Crippen LogP contribution in [0.3, 0.4) is 0 Å². The van der Waals surface area contributed by atoms with Gasteiger partial charge in [0.1, 0.15) is 36.4 Å². The molecule has 2 unspecified atom stereocenters. The molecule has 3 aromatic rings. The quantitative estimate of drug-likeness (QED) is 0.370. The average Bonchev–Trinajstić information content (AvgIpc) is 2.81. The molecule has 2 heterocycles. The molecular formula is C22H22O10. The highest BCUT2D eigenvalue weighted by atomic mass is 16.7. The van der Waals surface area contributed by atoms with Crippen molar-refractivity contribution in [3.63, 3.8) is 0 Å². The van der Waals surface area contributed by atoms with Gasteiger partial charge in [0.15, 0.2) is 11.3 Å². The fourth-order valence-electron chi connectivity index (χ4n) is 3.53. The van der Waals surface area contributed by atoms with Crippen LogP contribution in [0.25, 0.3) is 22.1 Å². The average molecular weight is 446 g/mol. The molecule has 1 fully saturated rings. The van der Waals surface area contributed by atoms with Crippen LogP contribution in [0.15, 0.2) is 51.9 Å².